The molecule has 4 rings (SSSR count). The number of likely N-dealkylation sites (tertiary alicyclic amines) is 1. The van der Waals surface area contributed by atoms with E-state index in [0.717, 1.165) is 24.2 Å². The monoisotopic (exact) mass is 423 g/mol. The summed E-state index contributed by atoms with van der Waals surface area (Å²) >= 11 is 0. The summed E-state index contributed by atoms with van der Waals surface area (Å²) in [5, 5.41) is 2.95. The average Bonchev–Trinajstić information content (AvgIpc) is 3.21. The normalized spacial score (nSPS) is 19.1. The lowest BCUT2D eigenvalue weighted by Gasteiger charge is -2.32. The van der Waals surface area contributed by atoms with Crippen LogP contribution >= 0.6 is 0 Å². The fourth-order valence-corrected chi connectivity index (χ4v) is 4.16. The number of nitrogens with one attached hydrogen (secondary N) is 1. The molecule has 2 heterocycles. The van der Waals surface area contributed by atoms with Gasteiger partial charge in [0.15, 0.2) is 0 Å². The van der Waals surface area contributed by atoms with Crippen LogP contribution in [0.2, 0.25) is 0 Å². The van der Waals surface area contributed by atoms with Crippen molar-refractivity contribution in [3.63, 3.8) is 0 Å². The zero-order valence-electron chi connectivity index (χ0n) is 17.4. The summed E-state index contributed by atoms with van der Waals surface area (Å²) in [5.74, 6) is -0.677. The largest absolute Gasteiger partial charge is 0.352 e. The molecule has 0 aliphatic carbocycles. The number of halogens is 1. The van der Waals surface area contributed by atoms with Gasteiger partial charge in [0.25, 0.3) is 0 Å². The Labute approximate surface area is 181 Å². The maximum atomic E-state index is 13.9. The average molecular weight is 423 g/mol. The SMILES string of the molecule is O=C(NCc1ccc(N2CCCC2=O)cc1)C1CCC(=O)N(Cc2ccccc2F)C1. The van der Waals surface area contributed by atoms with Crippen molar-refractivity contribution in [3.05, 3.63) is 65.5 Å². The Bertz CT molecular complexity index is 976. The second-order valence-electron chi connectivity index (χ2n) is 8.13. The lowest BCUT2D eigenvalue weighted by Crippen LogP contribution is -2.45. The van der Waals surface area contributed by atoms with Gasteiger partial charge in [-0.15, -0.1) is 0 Å². The van der Waals surface area contributed by atoms with Gasteiger partial charge in [0.2, 0.25) is 17.7 Å². The molecule has 2 aromatic rings. The van der Waals surface area contributed by atoms with E-state index in [4.69, 9.17) is 0 Å². The summed E-state index contributed by atoms with van der Waals surface area (Å²) in [6.45, 7) is 1.59. The van der Waals surface area contributed by atoms with Gasteiger partial charge in [0, 0.05) is 50.3 Å². The number of benzene rings is 2. The van der Waals surface area contributed by atoms with E-state index >= 15 is 0 Å². The van der Waals surface area contributed by atoms with Crippen LogP contribution in [0, 0.1) is 11.7 Å². The van der Waals surface area contributed by atoms with Crippen LogP contribution in [0.3, 0.4) is 0 Å². The molecule has 7 heteroatoms. The summed E-state index contributed by atoms with van der Waals surface area (Å²) in [6.07, 6.45) is 2.25. The molecule has 6 nitrogen and oxygen atoms in total. The van der Waals surface area contributed by atoms with E-state index in [1.165, 1.54) is 6.07 Å². The van der Waals surface area contributed by atoms with E-state index in [1.807, 2.05) is 24.3 Å². The van der Waals surface area contributed by atoms with Crippen LogP contribution in [0.25, 0.3) is 0 Å². The maximum absolute atomic E-state index is 13.9. The molecule has 0 radical (unpaired) electrons. The molecular formula is C24H26FN3O3. The predicted octanol–water partition coefficient (Wildman–Crippen LogP) is 3.01. The van der Waals surface area contributed by atoms with E-state index in [1.54, 1.807) is 28.0 Å². The molecule has 3 amide bonds. The first-order chi connectivity index (χ1) is 15.0. The van der Waals surface area contributed by atoms with E-state index < -0.39 is 0 Å². The fraction of sp³-hybridized carbons (Fsp3) is 0.375. The summed E-state index contributed by atoms with van der Waals surface area (Å²) < 4.78 is 13.9. The lowest BCUT2D eigenvalue weighted by atomic mass is 9.96. The number of nitrogens with zero attached hydrogens (tertiary/aromatic N) is 2. The minimum Gasteiger partial charge on any atom is -0.352 e. The molecular weight excluding hydrogens is 397 g/mol. The van der Waals surface area contributed by atoms with Gasteiger partial charge < -0.3 is 15.1 Å². The van der Waals surface area contributed by atoms with Gasteiger partial charge >= 0.3 is 0 Å². The third-order valence-corrected chi connectivity index (χ3v) is 5.98. The third-order valence-electron chi connectivity index (χ3n) is 5.98. The Hall–Kier alpha value is -3.22. The molecule has 2 fully saturated rings. The zero-order valence-corrected chi connectivity index (χ0v) is 17.4. The topological polar surface area (TPSA) is 69.7 Å². The number of amides is 3. The molecule has 1 unspecified atom stereocenters. The number of hydrogen-bond acceptors (Lipinski definition) is 3. The molecule has 2 aliphatic rings. The van der Waals surface area contributed by atoms with Crippen molar-refractivity contribution in [2.45, 2.75) is 38.8 Å². The first-order valence-corrected chi connectivity index (χ1v) is 10.7. The molecule has 2 aromatic carbocycles. The third kappa shape index (κ3) is 4.93. The first kappa shape index (κ1) is 21.0. The Kier molecular flexibility index (Phi) is 6.30. The quantitative estimate of drug-likeness (QED) is 0.777. The molecule has 0 aromatic heterocycles. The van der Waals surface area contributed by atoms with E-state index in [-0.39, 0.29) is 49.0 Å². The lowest BCUT2D eigenvalue weighted by molar-refractivity contribution is -0.139. The molecule has 1 N–H and O–H groups in total. The fourth-order valence-electron chi connectivity index (χ4n) is 4.16. The number of piperidine rings is 1. The van der Waals surface area contributed by atoms with Crippen LogP contribution in [0.4, 0.5) is 10.1 Å². The minimum absolute atomic E-state index is 0.0562. The van der Waals surface area contributed by atoms with Gasteiger partial charge in [-0.05, 0) is 36.6 Å². The summed E-state index contributed by atoms with van der Waals surface area (Å²) in [7, 11) is 0. The van der Waals surface area contributed by atoms with E-state index in [0.29, 0.717) is 24.9 Å². The highest BCUT2D eigenvalue weighted by atomic mass is 19.1. The maximum Gasteiger partial charge on any atom is 0.227 e. The van der Waals surface area contributed by atoms with Crippen molar-refractivity contribution >= 4 is 23.4 Å². The highest BCUT2D eigenvalue weighted by molar-refractivity contribution is 5.95. The number of anilines is 1. The van der Waals surface area contributed by atoms with Crippen LogP contribution in [0.1, 0.15) is 36.8 Å². The molecule has 2 saturated heterocycles. The van der Waals surface area contributed by atoms with Crippen molar-refractivity contribution in [3.8, 4) is 0 Å². The second-order valence-corrected chi connectivity index (χ2v) is 8.13. The first-order valence-electron chi connectivity index (χ1n) is 10.7. The molecule has 0 saturated carbocycles. The van der Waals surface area contributed by atoms with Crippen molar-refractivity contribution in [1.82, 2.24) is 10.2 Å². The van der Waals surface area contributed by atoms with Crippen LogP contribution in [0.15, 0.2) is 48.5 Å². The van der Waals surface area contributed by atoms with Gasteiger partial charge in [-0.2, -0.15) is 0 Å². The number of rotatable bonds is 6. The molecule has 0 bridgehead atoms. The smallest absolute Gasteiger partial charge is 0.227 e. The molecule has 0 spiro atoms. The summed E-state index contributed by atoms with van der Waals surface area (Å²) in [5.41, 5.74) is 2.28. The Balaban J connectivity index is 1.31. The van der Waals surface area contributed by atoms with Crippen molar-refractivity contribution < 1.29 is 18.8 Å². The van der Waals surface area contributed by atoms with E-state index in [2.05, 4.69) is 5.32 Å². The molecule has 1 atom stereocenters. The number of carbonyl (C=O) groups excluding carboxylic acids is 3. The second kappa shape index (κ2) is 9.29. The molecule has 31 heavy (non-hydrogen) atoms. The van der Waals surface area contributed by atoms with Gasteiger partial charge in [0.1, 0.15) is 5.82 Å². The van der Waals surface area contributed by atoms with Gasteiger partial charge in [-0.1, -0.05) is 30.3 Å². The number of carbonyl (C=O) groups is 3. The number of hydrogen-bond donors (Lipinski definition) is 1. The van der Waals surface area contributed by atoms with Gasteiger partial charge in [0.05, 0.1) is 5.92 Å². The van der Waals surface area contributed by atoms with Crippen LogP contribution in [-0.2, 0) is 27.5 Å². The Morgan fingerprint density at radius 3 is 2.52 bits per heavy atom. The standard InChI is InChI=1S/C24H26FN3O3/c25-21-5-2-1-4-18(21)15-27-16-19(9-12-22(27)29)24(31)26-14-17-7-10-20(11-8-17)28-13-3-6-23(28)30/h1-2,4-5,7-8,10-11,19H,3,6,9,12-16H2,(H,26,31). The van der Waals surface area contributed by atoms with Crippen molar-refractivity contribution in [2.24, 2.45) is 5.92 Å². The van der Waals surface area contributed by atoms with Crippen molar-refractivity contribution in [1.29, 1.82) is 0 Å². The molecule has 162 valence electrons. The highest BCUT2D eigenvalue weighted by Crippen LogP contribution is 2.23. The van der Waals surface area contributed by atoms with Crippen LogP contribution < -0.4 is 10.2 Å². The highest BCUT2D eigenvalue weighted by Gasteiger charge is 2.30. The summed E-state index contributed by atoms with van der Waals surface area (Å²) in [4.78, 5) is 40.2. The van der Waals surface area contributed by atoms with Crippen molar-refractivity contribution in [2.75, 3.05) is 18.0 Å². The van der Waals surface area contributed by atoms with Gasteiger partial charge in [-0.3, -0.25) is 14.4 Å². The van der Waals surface area contributed by atoms with Crippen LogP contribution in [0.5, 0.6) is 0 Å². The minimum atomic E-state index is -0.346. The van der Waals surface area contributed by atoms with Crippen LogP contribution in [-0.4, -0.2) is 35.7 Å². The Morgan fingerprint density at radius 2 is 1.81 bits per heavy atom. The molecule has 2 aliphatic heterocycles. The predicted molar refractivity (Wildman–Crippen MR) is 114 cm³/mol. The zero-order chi connectivity index (χ0) is 21.8. The summed E-state index contributed by atoms with van der Waals surface area (Å²) in [6, 6.07) is 14.0. The Morgan fingerprint density at radius 1 is 1.03 bits per heavy atom. The van der Waals surface area contributed by atoms with E-state index in [9.17, 15) is 18.8 Å². The van der Waals surface area contributed by atoms with Gasteiger partial charge in [-0.25, -0.2) is 4.39 Å².